The maximum absolute atomic E-state index is 5.77. The summed E-state index contributed by atoms with van der Waals surface area (Å²) in [5.74, 6) is -0.458. The smallest absolute Gasteiger partial charge is 0.166 e. The molecule has 0 spiro atoms. The Balaban J connectivity index is 1.86. The van der Waals surface area contributed by atoms with Crippen molar-refractivity contribution in [3.05, 3.63) is 35.9 Å². The SMILES string of the molecule is CC1(CCc2ccccc2)OCC(CN)O1. The summed E-state index contributed by atoms with van der Waals surface area (Å²) >= 11 is 0. The molecule has 2 atom stereocenters. The lowest BCUT2D eigenvalue weighted by Crippen LogP contribution is -2.29. The van der Waals surface area contributed by atoms with Crippen LogP contribution in [-0.4, -0.2) is 25.0 Å². The summed E-state index contributed by atoms with van der Waals surface area (Å²) in [5, 5.41) is 0. The quantitative estimate of drug-likeness (QED) is 0.841. The summed E-state index contributed by atoms with van der Waals surface area (Å²) in [7, 11) is 0. The van der Waals surface area contributed by atoms with Crippen molar-refractivity contribution in [2.45, 2.75) is 31.7 Å². The van der Waals surface area contributed by atoms with E-state index in [2.05, 4.69) is 24.3 Å². The molecule has 0 bridgehead atoms. The molecule has 2 N–H and O–H groups in total. The Hall–Kier alpha value is -0.900. The highest BCUT2D eigenvalue weighted by molar-refractivity contribution is 5.14. The van der Waals surface area contributed by atoms with Gasteiger partial charge in [0.1, 0.15) is 0 Å². The maximum Gasteiger partial charge on any atom is 0.166 e. The molecule has 1 aromatic rings. The Bertz CT molecular complexity index is 328. The summed E-state index contributed by atoms with van der Waals surface area (Å²) in [5.41, 5.74) is 6.87. The zero-order valence-corrected chi connectivity index (χ0v) is 9.69. The predicted molar refractivity (Wildman–Crippen MR) is 63.0 cm³/mol. The minimum absolute atomic E-state index is 0.0563. The van der Waals surface area contributed by atoms with Crippen molar-refractivity contribution >= 4 is 0 Å². The summed E-state index contributed by atoms with van der Waals surface area (Å²) in [6.07, 6.45) is 1.89. The topological polar surface area (TPSA) is 44.5 Å². The molecule has 16 heavy (non-hydrogen) atoms. The normalized spacial score (nSPS) is 29.5. The number of hydrogen-bond donors (Lipinski definition) is 1. The molecule has 1 heterocycles. The zero-order chi connectivity index (χ0) is 11.4. The third-order valence-electron chi connectivity index (χ3n) is 2.96. The Morgan fingerprint density at radius 1 is 1.38 bits per heavy atom. The van der Waals surface area contributed by atoms with Crippen molar-refractivity contribution < 1.29 is 9.47 Å². The van der Waals surface area contributed by atoms with Crippen LogP contribution in [0.1, 0.15) is 18.9 Å². The lowest BCUT2D eigenvalue weighted by atomic mass is 10.1. The molecular weight excluding hydrogens is 202 g/mol. The van der Waals surface area contributed by atoms with E-state index in [1.54, 1.807) is 0 Å². The summed E-state index contributed by atoms with van der Waals surface area (Å²) in [4.78, 5) is 0. The van der Waals surface area contributed by atoms with Gasteiger partial charge in [0.2, 0.25) is 0 Å². The third-order valence-corrected chi connectivity index (χ3v) is 2.96. The van der Waals surface area contributed by atoms with E-state index in [4.69, 9.17) is 15.2 Å². The van der Waals surface area contributed by atoms with Gasteiger partial charge in [0, 0.05) is 13.0 Å². The van der Waals surface area contributed by atoms with Gasteiger partial charge in [0.15, 0.2) is 5.79 Å². The molecule has 1 saturated heterocycles. The van der Waals surface area contributed by atoms with Crippen molar-refractivity contribution in [2.75, 3.05) is 13.2 Å². The molecule has 2 rings (SSSR count). The highest BCUT2D eigenvalue weighted by Gasteiger charge is 2.35. The van der Waals surface area contributed by atoms with Gasteiger partial charge in [-0.3, -0.25) is 0 Å². The van der Waals surface area contributed by atoms with Crippen LogP contribution in [0.25, 0.3) is 0 Å². The molecule has 1 fully saturated rings. The maximum atomic E-state index is 5.77. The molecule has 0 radical (unpaired) electrons. The number of nitrogens with two attached hydrogens (primary N) is 1. The molecule has 0 saturated carbocycles. The lowest BCUT2D eigenvalue weighted by molar-refractivity contribution is -0.156. The first-order valence-electron chi connectivity index (χ1n) is 5.78. The first kappa shape index (κ1) is 11.6. The standard InChI is InChI=1S/C13H19NO2/c1-13(15-10-12(9-14)16-13)8-7-11-5-3-2-4-6-11/h2-6,12H,7-10,14H2,1H3. The van der Waals surface area contributed by atoms with E-state index in [-0.39, 0.29) is 6.10 Å². The zero-order valence-electron chi connectivity index (χ0n) is 9.69. The molecule has 0 aliphatic carbocycles. The van der Waals surface area contributed by atoms with Crippen molar-refractivity contribution in [1.82, 2.24) is 0 Å². The number of benzene rings is 1. The van der Waals surface area contributed by atoms with Gasteiger partial charge in [-0.2, -0.15) is 0 Å². The Morgan fingerprint density at radius 2 is 2.12 bits per heavy atom. The van der Waals surface area contributed by atoms with Gasteiger partial charge in [-0.25, -0.2) is 0 Å². The largest absolute Gasteiger partial charge is 0.347 e. The molecule has 3 nitrogen and oxygen atoms in total. The molecule has 0 aromatic heterocycles. The second-order valence-corrected chi connectivity index (χ2v) is 4.41. The van der Waals surface area contributed by atoms with Crippen LogP contribution < -0.4 is 5.73 Å². The van der Waals surface area contributed by atoms with Crippen LogP contribution in [-0.2, 0) is 15.9 Å². The number of hydrogen-bond acceptors (Lipinski definition) is 3. The first-order valence-corrected chi connectivity index (χ1v) is 5.78. The average molecular weight is 221 g/mol. The number of rotatable bonds is 4. The molecule has 88 valence electrons. The van der Waals surface area contributed by atoms with E-state index in [9.17, 15) is 0 Å². The average Bonchev–Trinajstić information content (AvgIpc) is 2.71. The minimum atomic E-state index is -0.458. The molecule has 3 heteroatoms. The second kappa shape index (κ2) is 4.95. The van der Waals surface area contributed by atoms with Crippen LogP contribution >= 0.6 is 0 Å². The van der Waals surface area contributed by atoms with Crippen LogP contribution in [0.4, 0.5) is 0 Å². The van der Waals surface area contributed by atoms with Gasteiger partial charge in [-0.15, -0.1) is 0 Å². The third kappa shape index (κ3) is 2.82. The van der Waals surface area contributed by atoms with Gasteiger partial charge in [-0.05, 0) is 18.9 Å². The van der Waals surface area contributed by atoms with Gasteiger partial charge in [0.25, 0.3) is 0 Å². The fourth-order valence-electron chi connectivity index (χ4n) is 1.95. The fraction of sp³-hybridized carbons (Fsp3) is 0.538. The van der Waals surface area contributed by atoms with Crippen LogP contribution in [0.2, 0.25) is 0 Å². The van der Waals surface area contributed by atoms with Crippen LogP contribution in [0.5, 0.6) is 0 Å². The van der Waals surface area contributed by atoms with Crippen molar-refractivity contribution in [1.29, 1.82) is 0 Å². The first-order chi connectivity index (χ1) is 7.72. The minimum Gasteiger partial charge on any atom is -0.347 e. The Labute approximate surface area is 96.5 Å². The fourth-order valence-corrected chi connectivity index (χ4v) is 1.95. The van der Waals surface area contributed by atoms with Gasteiger partial charge in [-0.1, -0.05) is 30.3 Å². The van der Waals surface area contributed by atoms with E-state index in [0.29, 0.717) is 13.2 Å². The highest BCUT2D eigenvalue weighted by atomic mass is 16.7. The van der Waals surface area contributed by atoms with Crippen LogP contribution in [0, 0.1) is 0 Å². The highest BCUT2D eigenvalue weighted by Crippen LogP contribution is 2.27. The van der Waals surface area contributed by atoms with E-state index in [1.165, 1.54) is 5.56 Å². The van der Waals surface area contributed by atoms with E-state index in [0.717, 1.165) is 12.8 Å². The molecule has 1 aromatic carbocycles. The van der Waals surface area contributed by atoms with Gasteiger partial charge >= 0.3 is 0 Å². The van der Waals surface area contributed by atoms with Crippen LogP contribution in [0.3, 0.4) is 0 Å². The number of aryl methyl sites for hydroxylation is 1. The summed E-state index contributed by atoms with van der Waals surface area (Å²) < 4.78 is 11.4. The van der Waals surface area contributed by atoms with E-state index < -0.39 is 5.79 Å². The van der Waals surface area contributed by atoms with Crippen LogP contribution in [0.15, 0.2) is 30.3 Å². The molecular formula is C13H19NO2. The Morgan fingerprint density at radius 3 is 2.75 bits per heavy atom. The lowest BCUT2D eigenvalue weighted by Gasteiger charge is -2.23. The van der Waals surface area contributed by atoms with Gasteiger partial charge in [0.05, 0.1) is 12.7 Å². The van der Waals surface area contributed by atoms with E-state index >= 15 is 0 Å². The number of ether oxygens (including phenoxy) is 2. The molecule has 1 aliphatic rings. The van der Waals surface area contributed by atoms with Crippen molar-refractivity contribution in [2.24, 2.45) is 5.73 Å². The predicted octanol–water partition coefficient (Wildman–Crippen LogP) is 1.71. The molecule has 1 aliphatic heterocycles. The van der Waals surface area contributed by atoms with Gasteiger partial charge < -0.3 is 15.2 Å². The molecule has 0 amide bonds. The summed E-state index contributed by atoms with van der Waals surface area (Å²) in [6, 6.07) is 10.4. The summed E-state index contributed by atoms with van der Waals surface area (Å²) in [6.45, 7) is 3.13. The molecule has 2 unspecified atom stereocenters. The monoisotopic (exact) mass is 221 g/mol. The Kier molecular flexibility index (Phi) is 3.59. The van der Waals surface area contributed by atoms with Crippen molar-refractivity contribution in [3.63, 3.8) is 0 Å². The van der Waals surface area contributed by atoms with Crippen molar-refractivity contribution in [3.8, 4) is 0 Å². The second-order valence-electron chi connectivity index (χ2n) is 4.41. The van der Waals surface area contributed by atoms with E-state index in [1.807, 2.05) is 13.0 Å².